The Morgan fingerprint density at radius 3 is 2.68 bits per heavy atom. The van der Waals surface area contributed by atoms with Gasteiger partial charge in [-0.15, -0.1) is 0 Å². The van der Waals surface area contributed by atoms with Crippen LogP contribution < -0.4 is 5.32 Å². The van der Waals surface area contributed by atoms with Crippen LogP contribution in [0.3, 0.4) is 0 Å². The highest BCUT2D eigenvalue weighted by Crippen LogP contribution is 2.33. The Morgan fingerprint density at radius 2 is 2.00 bits per heavy atom. The molecule has 2 heterocycles. The highest BCUT2D eigenvalue weighted by atomic mass is 16.5. The van der Waals surface area contributed by atoms with Crippen molar-refractivity contribution in [2.24, 2.45) is 0 Å². The van der Waals surface area contributed by atoms with Crippen molar-refractivity contribution in [3.05, 3.63) is 24.3 Å². The monoisotopic (exact) mass is 304 g/mol. The molecule has 1 saturated carbocycles. The topological polar surface area (TPSA) is 67.4 Å². The summed E-state index contributed by atoms with van der Waals surface area (Å²) in [5.74, 6) is -0.133. The van der Waals surface area contributed by atoms with Gasteiger partial charge in [-0.25, -0.2) is 4.98 Å². The molecule has 0 unspecified atom stereocenters. The van der Waals surface area contributed by atoms with Crippen LogP contribution in [0, 0.1) is 0 Å². The van der Waals surface area contributed by atoms with Gasteiger partial charge in [0.15, 0.2) is 0 Å². The van der Waals surface area contributed by atoms with Gasteiger partial charge < -0.3 is 10.1 Å². The highest BCUT2D eigenvalue weighted by Gasteiger charge is 2.38. The van der Waals surface area contributed by atoms with Gasteiger partial charge in [-0.1, -0.05) is 19.3 Å². The van der Waals surface area contributed by atoms with Crippen LogP contribution in [0.15, 0.2) is 18.6 Å². The predicted octanol–water partition coefficient (Wildman–Crippen LogP) is 1.24. The van der Waals surface area contributed by atoms with Crippen molar-refractivity contribution in [3.8, 4) is 0 Å². The molecule has 2 aliphatic rings. The summed E-state index contributed by atoms with van der Waals surface area (Å²) >= 11 is 0. The molecule has 1 amide bonds. The maximum atomic E-state index is 12.3. The number of hydrogen-bond donors (Lipinski definition) is 1. The number of nitrogens with zero attached hydrogens (tertiary/aromatic N) is 3. The molecule has 3 rings (SSSR count). The quantitative estimate of drug-likeness (QED) is 0.906. The number of aromatic nitrogens is 2. The van der Waals surface area contributed by atoms with Crippen LogP contribution >= 0.6 is 0 Å². The number of nitrogens with one attached hydrogen (secondary N) is 1. The molecule has 1 aromatic heterocycles. The number of morpholine rings is 1. The lowest BCUT2D eigenvalue weighted by Crippen LogP contribution is -2.59. The summed E-state index contributed by atoms with van der Waals surface area (Å²) in [5.41, 5.74) is 0.468. The number of carbonyl (C=O) groups excluding carboxylic acids is 1. The molecule has 0 radical (unpaired) electrons. The van der Waals surface area contributed by atoms with Gasteiger partial charge in [-0.2, -0.15) is 0 Å². The van der Waals surface area contributed by atoms with Crippen molar-refractivity contribution in [1.82, 2.24) is 20.2 Å². The molecule has 1 saturated heterocycles. The van der Waals surface area contributed by atoms with Gasteiger partial charge in [0, 0.05) is 37.6 Å². The maximum Gasteiger partial charge on any atom is 0.271 e. The van der Waals surface area contributed by atoms with Crippen LogP contribution in [0.2, 0.25) is 0 Å². The predicted molar refractivity (Wildman–Crippen MR) is 82.6 cm³/mol. The molecule has 0 spiro atoms. The minimum atomic E-state index is -0.133. The lowest BCUT2D eigenvalue weighted by Gasteiger charge is -2.48. The number of hydrogen-bond acceptors (Lipinski definition) is 5. The van der Waals surface area contributed by atoms with Gasteiger partial charge in [0.2, 0.25) is 0 Å². The second-order valence-electron chi connectivity index (χ2n) is 6.16. The largest absolute Gasteiger partial charge is 0.379 e. The summed E-state index contributed by atoms with van der Waals surface area (Å²) in [4.78, 5) is 22.8. The van der Waals surface area contributed by atoms with Gasteiger partial charge in [-0.3, -0.25) is 14.7 Å². The molecule has 22 heavy (non-hydrogen) atoms. The van der Waals surface area contributed by atoms with Crippen molar-refractivity contribution in [2.75, 3.05) is 32.8 Å². The van der Waals surface area contributed by atoms with Crippen molar-refractivity contribution >= 4 is 5.91 Å². The van der Waals surface area contributed by atoms with Gasteiger partial charge in [0.25, 0.3) is 5.91 Å². The van der Waals surface area contributed by atoms with E-state index in [1.807, 2.05) is 0 Å². The minimum Gasteiger partial charge on any atom is -0.379 e. The zero-order chi connectivity index (χ0) is 15.3. The Balaban J connectivity index is 1.66. The van der Waals surface area contributed by atoms with Gasteiger partial charge >= 0.3 is 0 Å². The third-order valence-corrected chi connectivity index (χ3v) is 4.84. The SMILES string of the molecule is O=C(NCC1(N2CCOCC2)CCCCC1)c1cnccn1. The van der Waals surface area contributed by atoms with E-state index in [2.05, 4.69) is 20.2 Å². The number of rotatable bonds is 4. The second kappa shape index (κ2) is 7.15. The van der Waals surface area contributed by atoms with Crippen LogP contribution in [0.5, 0.6) is 0 Å². The first-order valence-corrected chi connectivity index (χ1v) is 8.17. The first-order valence-electron chi connectivity index (χ1n) is 8.17. The minimum absolute atomic E-state index is 0.0832. The van der Waals surface area contributed by atoms with E-state index in [1.165, 1.54) is 25.5 Å². The molecule has 2 fully saturated rings. The summed E-state index contributed by atoms with van der Waals surface area (Å²) in [6.45, 7) is 4.18. The molecule has 1 aromatic rings. The van der Waals surface area contributed by atoms with E-state index in [4.69, 9.17) is 4.74 Å². The van der Waals surface area contributed by atoms with Crippen LogP contribution in [0.1, 0.15) is 42.6 Å². The fourth-order valence-corrected chi connectivity index (χ4v) is 3.60. The average molecular weight is 304 g/mol. The molecule has 6 nitrogen and oxygen atoms in total. The van der Waals surface area contributed by atoms with Crippen molar-refractivity contribution in [3.63, 3.8) is 0 Å². The lowest BCUT2D eigenvalue weighted by molar-refractivity contribution is -0.0361. The maximum absolute atomic E-state index is 12.3. The zero-order valence-electron chi connectivity index (χ0n) is 13.0. The van der Waals surface area contributed by atoms with Crippen LogP contribution in [-0.4, -0.2) is 59.2 Å². The van der Waals surface area contributed by atoms with Crippen LogP contribution in [0.25, 0.3) is 0 Å². The fourth-order valence-electron chi connectivity index (χ4n) is 3.60. The summed E-state index contributed by atoms with van der Waals surface area (Å²) in [5, 5.41) is 3.08. The fraction of sp³-hybridized carbons (Fsp3) is 0.688. The molecule has 0 aromatic carbocycles. The summed E-state index contributed by atoms with van der Waals surface area (Å²) < 4.78 is 5.48. The van der Waals surface area contributed by atoms with E-state index >= 15 is 0 Å². The zero-order valence-corrected chi connectivity index (χ0v) is 13.0. The second-order valence-corrected chi connectivity index (χ2v) is 6.16. The molecule has 120 valence electrons. The van der Waals surface area contributed by atoms with Crippen molar-refractivity contribution < 1.29 is 9.53 Å². The molecular weight excluding hydrogens is 280 g/mol. The smallest absolute Gasteiger partial charge is 0.271 e. The number of ether oxygens (including phenoxy) is 1. The summed E-state index contributed by atoms with van der Waals surface area (Å²) in [6.07, 6.45) is 10.7. The van der Waals surface area contributed by atoms with Crippen LogP contribution in [-0.2, 0) is 4.74 Å². The average Bonchev–Trinajstić information content (AvgIpc) is 2.62. The molecular formula is C16H24N4O2. The molecule has 1 aliphatic heterocycles. The number of carbonyl (C=O) groups is 1. The standard InChI is InChI=1S/C16H24N4O2/c21-15(14-12-17-6-7-18-14)19-13-16(4-2-1-3-5-16)20-8-10-22-11-9-20/h6-7,12H,1-5,8-11,13H2,(H,19,21). The Hall–Kier alpha value is -1.53. The molecule has 6 heteroatoms. The molecule has 0 bridgehead atoms. The molecule has 1 aliphatic carbocycles. The molecule has 1 N–H and O–H groups in total. The van der Waals surface area contributed by atoms with E-state index in [-0.39, 0.29) is 11.4 Å². The van der Waals surface area contributed by atoms with E-state index in [0.717, 1.165) is 39.1 Å². The van der Waals surface area contributed by atoms with E-state index in [0.29, 0.717) is 12.2 Å². The van der Waals surface area contributed by atoms with Gasteiger partial charge in [-0.05, 0) is 12.8 Å². The summed E-state index contributed by atoms with van der Waals surface area (Å²) in [7, 11) is 0. The first kappa shape index (κ1) is 15.4. The van der Waals surface area contributed by atoms with E-state index < -0.39 is 0 Å². The normalized spacial score (nSPS) is 22.2. The Bertz CT molecular complexity index is 482. The lowest BCUT2D eigenvalue weighted by atomic mass is 9.79. The van der Waals surface area contributed by atoms with E-state index in [1.54, 1.807) is 12.4 Å². The third kappa shape index (κ3) is 3.44. The van der Waals surface area contributed by atoms with Gasteiger partial charge in [0.1, 0.15) is 5.69 Å². The van der Waals surface area contributed by atoms with Crippen molar-refractivity contribution in [1.29, 1.82) is 0 Å². The Morgan fingerprint density at radius 1 is 1.23 bits per heavy atom. The molecule has 0 atom stereocenters. The van der Waals surface area contributed by atoms with Crippen molar-refractivity contribution in [2.45, 2.75) is 37.6 Å². The van der Waals surface area contributed by atoms with Gasteiger partial charge in [0.05, 0.1) is 19.4 Å². The Labute approximate surface area is 131 Å². The number of amides is 1. The van der Waals surface area contributed by atoms with E-state index in [9.17, 15) is 4.79 Å². The third-order valence-electron chi connectivity index (χ3n) is 4.84. The summed E-state index contributed by atoms with van der Waals surface area (Å²) in [6, 6.07) is 0. The highest BCUT2D eigenvalue weighted by molar-refractivity contribution is 5.91. The van der Waals surface area contributed by atoms with Crippen LogP contribution in [0.4, 0.5) is 0 Å². The first-order chi connectivity index (χ1) is 10.8. The Kier molecular flexibility index (Phi) is 5.00.